The summed E-state index contributed by atoms with van der Waals surface area (Å²) in [6.45, 7) is 2.61. The van der Waals surface area contributed by atoms with Crippen LogP contribution in [-0.2, 0) is 6.54 Å². The molecule has 4 nitrogen and oxygen atoms in total. The number of carbonyl (C=O) groups excluding carboxylic acids is 1. The summed E-state index contributed by atoms with van der Waals surface area (Å²) in [5.74, 6) is -0.213. The minimum atomic E-state index is -0.420. The molecule has 3 aromatic rings. The van der Waals surface area contributed by atoms with E-state index in [4.69, 9.17) is 27.6 Å². The van der Waals surface area contributed by atoms with E-state index in [-0.39, 0.29) is 5.76 Å². The number of hydrogen-bond acceptors (Lipinski definition) is 3. The second kappa shape index (κ2) is 5.67. The van der Waals surface area contributed by atoms with Crippen LogP contribution in [0.15, 0.2) is 39.9 Å². The van der Waals surface area contributed by atoms with Crippen molar-refractivity contribution >= 4 is 50.7 Å². The Balaban J connectivity index is 2.23. The molecule has 0 aliphatic carbocycles. The normalized spacial score (nSPS) is 12.2. The van der Waals surface area contributed by atoms with Gasteiger partial charge in [0.25, 0.3) is 0 Å². The topological polar surface area (TPSA) is 47.5 Å². The molecule has 0 saturated heterocycles. The lowest BCUT2D eigenvalue weighted by Crippen LogP contribution is -2.15. The van der Waals surface area contributed by atoms with Crippen LogP contribution in [0.1, 0.15) is 17.5 Å². The molecular formula is C14H10Cl2N2O2S. The molecule has 0 radical (unpaired) electrons. The van der Waals surface area contributed by atoms with Crippen LogP contribution in [-0.4, -0.2) is 10.5 Å². The van der Waals surface area contributed by atoms with Crippen molar-refractivity contribution in [2.45, 2.75) is 13.5 Å². The summed E-state index contributed by atoms with van der Waals surface area (Å²) in [5.41, 5.74) is 0.833. The molecule has 0 unspecified atom stereocenters. The molecule has 21 heavy (non-hydrogen) atoms. The van der Waals surface area contributed by atoms with Crippen LogP contribution in [0.4, 0.5) is 0 Å². The molecule has 7 heteroatoms. The van der Waals surface area contributed by atoms with E-state index < -0.39 is 5.91 Å². The molecule has 0 N–H and O–H groups in total. The first kappa shape index (κ1) is 14.4. The third-order valence-electron chi connectivity index (χ3n) is 2.94. The second-order valence-corrected chi connectivity index (χ2v) is 6.11. The Hall–Kier alpha value is -1.56. The summed E-state index contributed by atoms with van der Waals surface area (Å²) in [4.78, 5) is 16.7. The van der Waals surface area contributed by atoms with Gasteiger partial charge >= 0.3 is 5.91 Å². The van der Waals surface area contributed by atoms with E-state index in [0.29, 0.717) is 21.4 Å². The van der Waals surface area contributed by atoms with Gasteiger partial charge in [-0.1, -0.05) is 34.5 Å². The summed E-state index contributed by atoms with van der Waals surface area (Å²) < 4.78 is 7.84. The molecule has 0 aliphatic rings. The molecule has 0 saturated carbocycles. The average Bonchev–Trinajstić information content (AvgIpc) is 3.05. The highest BCUT2D eigenvalue weighted by molar-refractivity contribution is 7.16. The van der Waals surface area contributed by atoms with E-state index >= 15 is 0 Å². The number of benzene rings is 1. The van der Waals surface area contributed by atoms with Gasteiger partial charge in [-0.3, -0.25) is 4.79 Å². The van der Waals surface area contributed by atoms with Crippen LogP contribution in [0, 0.1) is 0 Å². The molecule has 0 aliphatic heterocycles. The zero-order valence-corrected chi connectivity index (χ0v) is 13.3. The number of fused-ring (bicyclic) bond motifs is 1. The number of aromatic nitrogens is 1. The Kier molecular flexibility index (Phi) is 3.89. The zero-order chi connectivity index (χ0) is 15.0. The zero-order valence-electron chi connectivity index (χ0n) is 11.0. The smallest absolute Gasteiger partial charge is 0.315 e. The van der Waals surface area contributed by atoms with Crippen LogP contribution in [0.25, 0.3) is 10.2 Å². The molecule has 2 heterocycles. The van der Waals surface area contributed by atoms with Gasteiger partial charge in [0.05, 0.1) is 21.5 Å². The van der Waals surface area contributed by atoms with Crippen molar-refractivity contribution in [1.82, 2.24) is 4.57 Å². The van der Waals surface area contributed by atoms with Gasteiger partial charge < -0.3 is 8.98 Å². The van der Waals surface area contributed by atoms with E-state index in [9.17, 15) is 4.79 Å². The van der Waals surface area contributed by atoms with Crippen LogP contribution in [0.2, 0.25) is 10.0 Å². The Morgan fingerprint density at radius 2 is 2.24 bits per heavy atom. The number of carbonyl (C=O) groups is 1. The first-order valence-corrected chi connectivity index (χ1v) is 7.78. The highest BCUT2D eigenvalue weighted by Crippen LogP contribution is 2.29. The minimum Gasteiger partial charge on any atom is -0.459 e. The third-order valence-corrected chi connectivity index (χ3v) is 4.47. The molecule has 0 fully saturated rings. The maximum Gasteiger partial charge on any atom is 0.315 e. The maximum absolute atomic E-state index is 12.0. The summed E-state index contributed by atoms with van der Waals surface area (Å²) in [6, 6.07) is 6.73. The van der Waals surface area contributed by atoms with E-state index in [1.807, 2.05) is 17.6 Å². The summed E-state index contributed by atoms with van der Waals surface area (Å²) in [5, 5.41) is 1.10. The van der Waals surface area contributed by atoms with E-state index in [2.05, 4.69) is 4.99 Å². The first-order valence-electron chi connectivity index (χ1n) is 6.21. The average molecular weight is 341 g/mol. The quantitative estimate of drug-likeness (QED) is 0.695. The van der Waals surface area contributed by atoms with Gasteiger partial charge in [0.2, 0.25) is 0 Å². The summed E-state index contributed by atoms with van der Waals surface area (Å²) in [7, 11) is 0. The Labute approximate surface area is 134 Å². The Morgan fingerprint density at radius 1 is 1.43 bits per heavy atom. The molecule has 1 amide bonds. The second-order valence-electron chi connectivity index (χ2n) is 4.26. The largest absolute Gasteiger partial charge is 0.459 e. The van der Waals surface area contributed by atoms with Crippen molar-refractivity contribution in [2.24, 2.45) is 4.99 Å². The molecule has 1 aromatic carbocycles. The molecular weight excluding hydrogens is 331 g/mol. The van der Waals surface area contributed by atoms with Crippen molar-refractivity contribution in [3.8, 4) is 0 Å². The fraction of sp³-hybridized carbons (Fsp3) is 0.143. The van der Waals surface area contributed by atoms with Crippen molar-refractivity contribution < 1.29 is 9.21 Å². The van der Waals surface area contributed by atoms with Crippen molar-refractivity contribution in [3.05, 3.63) is 51.1 Å². The number of furan rings is 1. The van der Waals surface area contributed by atoms with Gasteiger partial charge in [0.15, 0.2) is 10.6 Å². The first-order chi connectivity index (χ1) is 10.1. The van der Waals surface area contributed by atoms with Gasteiger partial charge in [-0.25, -0.2) is 0 Å². The van der Waals surface area contributed by atoms with Crippen molar-refractivity contribution in [2.75, 3.05) is 0 Å². The number of nitrogens with zero attached hydrogens (tertiary/aromatic N) is 2. The van der Waals surface area contributed by atoms with Crippen LogP contribution in [0.5, 0.6) is 0 Å². The van der Waals surface area contributed by atoms with E-state index in [1.165, 1.54) is 17.6 Å². The Bertz CT molecular complexity index is 878. The van der Waals surface area contributed by atoms with E-state index in [1.54, 1.807) is 18.2 Å². The minimum absolute atomic E-state index is 0.208. The van der Waals surface area contributed by atoms with Crippen LogP contribution in [0.3, 0.4) is 0 Å². The fourth-order valence-electron chi connectivity index (χ4n) is 2.05. The molecule has 3 rings (SSSR count). The van der Waals surface area contributed by atoms with E-state index in [0.717, 1.165) is 10.2 Å². The van der Waals surface area contributed by atoms with Gasteiger partial charge in [-0.15, -0.1) is 0 Å². The molecule has 0 spiro atoms. The molecule has 108 valence electrons. The number of aryl methyl sites for hydroxylation is 1. The lowest BCUT2D eigenvalue weighted by molar-refractivity contribution is 0.0971. The standard InChI is InChI=1S/C14H10Cl2N2O2S/c1-2-18-12-9(16)6-8(15)7-11(12)21-14(18)17-13(19)10-4-3-5-20-10/h3-7H,2H2,1H3. The molecule has 0 bridgehead atoms. The Morgan fingerprint density at radius 3 is 2.90 bits per heavy atom. The SMILES string of the molecule is CCn1c(=NC(=O)c2ccco2)sc2cc(Cl)cc(Cl)c21. The van der Waals surface area contributed by atoms with Gasteiger partial charge in [0.1, 0.15) is 0 Å². The van der Waals surface area contributed by atoms with Crippen LogP contribution < -0.4 is 4.80 Å². The van der Waals surface area contributed by atoms with Crippen LogP contribution >= 0.6 is 34.5 Å². The lowest BCUT2D eigenvalue weighted by Gasteiger charge is -2.02. The number of hydrogen-bond donors (Lipinski definition) is 0. The number of amides is 1. The van der Waals surface area contributed by atoms with Crippen molar-refractivity contribution in [3.63, 3.8) is 0 Å². The molecule has 2 aromatic heterocycles. The molecule has 0 atom stereocenters. The lowest BCUT2D eigenvalue weighted by atomic mass is 10.3. The van der Waals surface area contributed by atoms with Gasteiger partial charge in [-0.05, 0) is 31.2 Å². The number of halogens is 2. The fourth-order valence-corrected chi connectivity index (χ4v) is 3.92. The monoisotopic (exact) mass is 340 g/mol. The highest BCUT2D eigenvalue weighted by Gasteiger charge is 2.12. The predicted octanol–water partition coefficient (Wildman–Crippen LogP) is 4.36. The summed E-state index contributed by atoms with van der Waals surface area (Å²) >= 11 is 13.6. The predicted molar refractivity (Wildman–Crippen MR) is 84.1 cm³/mol. The third kappa shape index (κ3) is 2.64. The van der Waals surface area contributed by atoms with Crippen molar-refractivity contribution in [1.29, 1.82) is 0 Å². The highest BCUT2D eigenvalue weighted by atomic mass is 35.5. The maximum atomic E-state index is 12.0. The van der Waals surface area contributed by atoms with Gasteiger partial charge in [0, 0.05) is 11.6 Å². The number of thiazole rings is 1. The summed E-state index contributed by atoms with van der Waals surface area (Å²) in [6.07, 6.45) is 1.44. The van der Waals surface area contributed by atoms with Gasteiger partial charge in [-0.2, -0.15) is 4.99 Å². The number of rotatable bonds is 2.